The summed E-state index contributed by atoms with van der Waals surface area (Å²) in [6, 6.07) is 6.98. The number of hydrogen-bond donors (Lipinski definition) is 1. The number of unbranched alkanes of at least 4 members (excludes halogenated alkanes) is 1. The molecule has 1 aromatic carbocycles. The lowest BCUT2D eigenvalue weighted by atomic mass is 10.1. The van der Waals surface area contributed by atoms with Gasteiger partial charge in [-0.15, -0.1) is 0 Å². The molecule has 0 fully saturated rings. The van der Waals surface area contributed by atoms with E-state index in [9.17, 15) is 8.42 Å². The number of H-pyrrole nitrogens is 1. The maximum atomic E-state index is 12.8. The summed E-state index contributed by atoms with van der Waals surface area (Å²) in [5.74, 6) is 0. The van der Waals surface area contributed by atoms with E-state index in [2.05, 4.69) is 27.8 Å². The minimum absolute atomic E-state index is 0.323. The summed E-state index contributed by atoms with van der Waals surface area (Å²) in [6.07, 6.45) is 2.78. The minimum Gasteiger partial charge on any atom is -0.340 e. The lowest BCUT2D eigenvalue weighted by Crippen LogP contribution is -2.06. The van der Waals surface area contributed by atoms with E-state index in [-0.39, 0.29) is 0 Å². The van der Waals surface area contributed by atoms with Gasteiger partial charge in [-0.25, -0.2) is 8.42 Å². The lowest BCUT2D eigenvalue weighted by Gasteiger charge is -2.07. The zero-order valence-corrected chi connectivity index (χ0v) is 14.9. The number of rotatable bonds is 5. The summed E-state index contributed by atoms with van der Waals surface area (Å²) < 4.78 is 26.4. The number of sulfone groups is 1. The van der Waals surface area contributed by atoms with Gasteiger partial charge in [-0.2, -0.15) is 0 Å². The lowest BCUT2D eigenvalue weighted by molar-refractivity contribution is 0.591. The average Bonchev–Trinajstić information content (AvgIpc) is 2.74. The van der Waals surface area contributed by atoms with Crippen LogP contribution in [0.1, 0.15) is 36.5 Å². The molecule has 0 saturated carbocycles. The summed E-state index contributed by atoms with van der Waals surface area (Å²) in [4.78, 5) is 3.34. The Morgan fingerprint density at radius 3 is 2.33 bits per heavy atom. The van der Waals surface area contributed by atoms with E-state index >= 15 is 0 Å². The maximum Gasteiger partial charge on any atom is 0.222 e. The molecule has 1 N–H and O–H groups in total. The molecule has 2 aromatic rings. The number of hydrogen-bond acceptors (Lipinski definition) is 2. The van der Waals surface area contributed by atoms with E-state index in [0.29, 0.717) is 9.92 Å². The highest BCUT2D eigenvalue weighted by molar-refractivity contribution is 9.10. The smallest absolute Gasteiger partial charge is 0.222 e. The van der Waals surface area contributed by atoms with E-state index in [1.54, 1.807) is 12.1 Å². The Balaban J connectivity index is 2.54. The molecule has 5 heteroatoms. The van der Waals surface area contributed by atoms with Crippen molar-refractivity contribution in [2.45, 2.75) is 50.0 Å². The highest BCUT2D eigenvalue weighted by Gasteiger charge is 2.25. The summed E-state index contributed by atoms with van der Waals surface area (Å²) in [5, 5.41) is 0.323. The predicted molar refractivity (Wildman–Crippen MR) is 88.5 cm³/mol. The SMILES string of the molecule is CCCCc1c(S(=O)(=O)c2ccc(C)cc2)[nH]c(Br)c1C. The van der Waals surface area contributed by atoms with Crippen LogP contribution in [0.3, 0.4) is 0 Å². The molecule has 21 heavy (non-hydrogen) atoms. The van der Waals surface area contributed by atoms with Crippen LogP contribution in [0.25, 0.3) is 0 Å². The molecule has 114 valence electrons. The van der Waals surface area contributed by atoms with Gasteiger partial charge >= 0.3 is 0 Å². The van der Waals surface area contributed by atoms with Gasteiger partial charge in [0.15, 0.2) is 0 Å². The van der Waals surface area contributed by atoms with Crippen molar-refractivity contribution in [3.63, 3.8) is 0 Å². The first kappa shape index (κ1) is 16.3. The molecule has 0 saturated heterocycles. The molecule has 0 radical (unpaired) electrons. The Morgan fingerprint density at radius 1 is 1.14 bits per heavy atom. The number of aromatic nitrogens is 1. The number of nitrogens with one attached hydrogen (secondary N) is 1. The second-order valence-electron chi connectivity index (χ2n) is 5.29. The highest BCUT2D eigenvalue weighted by atomic mass is 79.9. The van der Waals surface area contributed by atoms with Gasteiger partial charge in [0.2, 0.25) is 9.84 Å². The summed E-state index contributed by atoms with van der Waals surface area (Å²) >= 11 is 3.42. The van der Waals surface area contributed by atoms with E-state index in [0.717, 1.165) is 40.6 Å². The topological polar surface area (TPSA) is 49.9 Å². The van der Waals surface area contributed by atoms with E-state index in [1.807, 2.05) is 26.0 Å². The number of halogens is 1. The predicted octanol–water partition coefficient (Wildman–Crippen LogP) is 4.57. The molecule has 0 atom stereocenters. The largest absolute Gasteiger partial charge is 0.340 e. The zero-order valence-electron chi connectivity index (χ0n) is 12.5. The van der Waals surface area contributed by atoms with Crippen molar-refractivity contribution in [3.05, 3.63) is 45.6 Å². The van der Waals surface area contributed by atoms with Gasteiger partial charge in [-0.1, -0.05) is 31.0 Å². The molecule has 0 aliphatic carbocycles. The highest BCUT2D eigenvalue weighted by Crippen LogP contribution is 2.31. The molecule has 0 aliphatic heterocycles. The Hall–Kier alpha value is -1.07. The molecule has 2 rings (SSSR count). The van der Waals surface area contributed by atoms with Gasteiger partial charge in [0.1, 0.15) is 5.03 Å². The van der Waals surface area contributed by atoms with Gasteiger partial charge in [0, 0.05) is 0 Å². The van der Waals surface area contributed by atoms with Crippen molar-refractivity contribution in [2.75, 3.05) is 0 Å². The normalized spacial score (nSPS) is 11.8. The minimum atomic E-state index is -3.50. The molecule has 3 nitrogen and oxygen atoms in total. The quantitative estimate of drug-likeness (QED) is 0.838. The van der Waals surface area contributed by atoms with Crippen LogP contribution in [0, 0.1) is 13.8 Å². The van der Waals surface area contributed by atoms with Crippen LogP contribution < -0.4 is 0 Å². The summed E-state index contributed by atoms with van der Waals surface area (Å²) in [6.45, 7) is 5.99. The maximum absolute atomic E-state index is 12.8. The second-order valence-corrected chi connectivity index (χ2v) is 7.97. The first-order chi connectivity index (χ1) is 9.87. The van der Waals surface area contributed by atoms with Crippen LogP contribution in [0.15, 0.2) is 38.8 Å². The van der Waals surface area contributed by atoms with E-state index in [4.69, 9.17) is 0 Å². The molecule has 0 spiro atoms. The first-order valence-electron chi connectivity index (χ1n) is 7.06. The Morgan fingerprint density at radius 2 is 1.76 bits per heavy atom. The van der Waals surface area contributed by atoms with Crippen LogP contribution in [0.5, 0.6) is 0 Å². The zero-order chi connectivity index (χ0) is 15.6. The van der Waals surface area contributed by atoms with Crippen molar-refractivity contribution < 1.29 is 8.42 Å². The molecular formula is C16H20BrNO2S. The fraction of sp³-hybridized carbons (Fsp3) is 0.375. The Bertz CT molecular complexity index is 730. The summed E-state index contributed by atoms with van der Waals surface area (Å²) in [5.41, 5.74) is 2.92. The van der Waals surface area contributed by atoms with E-state index in [1.165, 1.54) is 0 Å². The van der Waals surface area contributed by atoms with Crippen LogP contribution in [-0.2, 0) is 16.3 Å². The van der Waals surface area contributed by atoms with Crippen molar-refractivity contribution in [1.29, 1.82) is 0 Å². The molecular weight excluding hydrogens is 350 g/mol. The number of aromatic amines is 1. The molecule has 0 unspecified atom stereocenters. The first-order valence-corrected chi connectivity index (χ1v) is 9.34. The van der Waals surface area contributed by atoms with Crippen LogP contribution in [0.4, 0.5) is 0 Å². The summed E-state index contributed by atoms with van der Waals surface area (Å²) in [7, 11) is -3.50. The molecule has 0 aliphatic rings. The van der Waals surface area contributed by atoms with Gasteiger partial charge in [0.05, 0.1) is 9.50 Å². The number of aryl methyl sites for hydroxylation is 1. The van der Waals surface area contributed by atoms with Crippen LogP contribution in [0.2, 0.25) is 0 Å². The van der Waals surface area contributed by atoms with Crippen molar-refractivity contribution in [3.8, 4) is 0 Å². The van der Waals surface area contributed by atoms with Crippen molar-refractivity contribution in [1.82, 2.24) is 4.98 Å². The monoisotopic (exact) mass is 369 g/mol. The molecule has 1 aromatic heterocycles. The van der Waals surface area contributed by atoms with Crippen LogP contribution in [-0.4, -0.2) is 13.4 Å². The third kappa shape index (κ3) is 3.24. The van der Waals surface area contributed by atoms with Gasteiger partial charge < -0.3 is 4.98 Å². The Kier molecular flexibility index (Phi) is 4.94. The van der Waals surface area contributed by atoms with Gasteiger partial charge in [-0.05, 0) is 65.9 Å². The fourth-order valence-electron chi connectivity index (χ4n) is 2.29. The molecule has 0 amide bonds. The van der Waals surface area contributed by atoms with Crippen molar-refractivity contribution >= 4 is 25.8 Å². The number of benzene rings is 1. The van der Waals surface area contributed by atoms with Crippen molar-refractivity contribution in [2.24, 2.45) is 0 Å². The third-order valence-electron chi connectivity index (χ3n) is 3.66. The van der Waals surface area contributed by atoms with Gasteiger partial charge in [0.25, 0.3) is 0 Å². The fourth-order valence-corrected chi connectivity index (χ4v) is 4.41. The van der Waals surface area contributed by atoms with Crippen LogP contribution >= 0.6 is 15.9 Å². The molecule has 0 bridgehead atoms. The standard InChI is InChI=1S/C16H20BrNO2S/c1-4-5-6-14-12(3)15(17)18-16(14)21(19,20)13-9-7-11(2)8-10-13/h7-10,18H,4-6H2,1-3H3. The average molecular weight is 370 g/mol. The molecule has 1 heterocycles. The second kappa shape index (κ2) is 6.36. The third-order valence-corrected chi connectivity index (χ3v) is 6.23. The Labute approximate surface area is 134 Å². The van der Waals surface area contributed by atoms with E-state index < -0.39 is 9.84 Å². The van der Waals surface area contributed by atoms with Gasteiger partial charge in [-0.3, -0.25) is 0 Å².